The molecule has 0 atom stereocenters. The number of aromatic nitrogens is 2. The second kappa shape index (κ2) is 5.59. The number of imidazole rings is 1. The van der Waals surface area contributed by atoms with Gasteiger partial charge in [-0.25, -0.2) is 9.37 Å². The number of aryl methyl sites for hydroxylation is 1. The van der Waals surface area contributed by atoms with Crippen LogP contribution in [0.3, 0.4) is 0 Å². The molecule has 21 heavy (non-hydrogen) atoms. The van der Waals surface area contributed by atoms with Crippen LogP contribution in [0.15, 0.2) is 34.8 Å². The monoisotopic (exact) mass is 386 g/mol. The molecule has 0 aliphatic carbocycles. The topological polar surface area (TPSA) is 17.8 Å². The number of nitrogens with zero attached hydrogens (tertiary/aromatic N) is 2. The molecule has 0 unspecified atom stereocenters. The molecule has 2 nitrogen and oxygen atoms in total. The first-order chi connectivity index (χ1) is 10.0. The van der Waals surface area contributed by atoms with Gasteiger partial charge in [0.2, 0.25) is 0 Å². The maximum Gasteiger partial charge on any atom is 0.137 e. The summed E-state index contributed by atoms with van der Waals surface area (Å²) in [6.45, 7) is 1.84. The van der Waals surface area contributed by atoms with E-state index in [1.165, 1.54) is 6.07 Å². The van der Waals surface area contributed by atoms with Crippen LogP contribution in [-0.2, 0) is 5.88 Å². The average molecular weight is 388 g/mol. The summed E-state index contributed by atoms with van der Waals surface area (Å²) in [5, 5.41) is 0.580. The van der Waals surface area contributed by atoms with Crippen molar-refractivity contribution in [2.75, 3.05) is 0 Å². The van der Waals surface area contributed by atoms with E-state index in [2.05, 4.69) is 20.9 Å². The van der Waals surface area contributed by atoms with Gasteiger partial charge in [-0.15, -0.1) is 11.6 Å². The van der Waals surface area contributed by atoms with Crippen LogP contribution in [-0.4, -0.2) is 9.55 Å². The fraction of sp³-hybridized carbons (Fsp3) is 0.133. The van der Waals surface area contributed by atoms with Crippen LogP contribution in [0.1, 0.15) is 11.4 Å². The minimum absolute atomic E-state index is 0.236. The zero-order chi connectivity index (χ0) is 15.1. The number of rotatable bonds is 2. The van der Waals surface area contributed by atoms with Gasteiger partial charge in [-0.1, -0.05) is 17.7 Å². The first-order valence-electron chi connectivity index (χ1n) is 6.20. The molecule has 0 saturated heterocycles. The van der Waals surface area contributed by atoms with E-state index < -0.39 is 0 Å². The van der Waals surface area contributed by atoms with Gasteiger partial charge in [-0.3, -0.25) is 4.57 Å². The van der Waals surface area contributed by atoms with Crippen molar-refractivity contribution in [2.45, 2.75) is 12.8 Å². The van der Waals surface area contributed by atoms with E-state index in [1.54, 1.807) is 12.1 Å². The number of halogens is 4. The highest BCUT2D eigenvalue weighted by molar-refractivity contribution is 9.10. The lowest BCUT2D eigenvalue weighted by atomic mass is 10.2. The molecule has 0 amide bonds. The highest BCUT2D eigenvalue weighted by Gasteiger charge is 2.17. The van der Waals surface area contributed by atoms with E-state index in [0.29, 0.717) is 15.3 Å². The van der Waals surface area contributed by atoms with E-state index >= 15 is 0 Å². The first-order valence-corrected chi connectivity index (χ1v) is 7.91. The minimum Gasteiger partial charge on any atom is -0.293 e. The van der Waals surface area contributed by atoms with Crippen molar-refractivity contribution in [3.63, 3.8) is 0 Å². The summed E-state index contributed by atoms with van der Waals surface area (Å²) in [4.78, 5) is 4.50. The SMILES string of the molecule is Cc1cc(F)c(Br)cc1-n1c(CCl)nc2cccc(Cl)c21. The maximum absolute atomic E-state index is 13.7. The molecule has 0 aliphatic rings. The smallest absolute Gasteiger partial charge is 0.137 e. The van der Waals surface area contributed by atoms with Crippen molar-refractivity contribution < 1.29 is 4.39 Å². The fourth-order valence-electron chi connectivity index (χ4n) is 2.36. The summed E-state index contributed by atoms with van der Waals surface area (Å²) in [7, 11) is 0. The molecule has 1 heterocycles. The third-order valence-electron chi connectivity index (χ3n) is 3.30. The molecule has 108 valence electrons. The summed E-state index contributed by atoms with van der Waals surface area (Å²) in [5.74, 6) is 0.597. The van der Waals surface area contributed by atoms with Crippen LogP contribution in [0.5, 0.6) is 0 Å². The summed E-state index contributed by atoms with van der Waals surface area (Å²) in [6.07, 6.45) is 0. The third-order valence-corrected chi connectivity index (χ3v) is 4.45. The Morgan fingerprint density at radius 3 is 2.81 bits per heavy atom. The van der Waals surface area contributed by atoms with Crippen LogP contribution < -0.4 is 0 Å². The zero-order valence-corrected chi connectivity index (χ0v) is 14.1. The summed E-state index contributed by atoms with van der Waals surface area (Å²) in [6, 6.07) is 8.70. The molecule has 0 radical (unpaired) electrons. The normalized spacial score (nSPS) is 11.3. The Balaban J connectivity index is 2.41. The van der Waals surface area contributed by atoms with Crippen molar-refractivity contribution in [3.05, 3.63) is 57.0 Å². The number of benzene rings is 2. The Bertz CT molecular complexity index is 845. The second-order valence-electron chi connectivity index (χ2n) is 4.66. The van der Waals surface area contributed by atoms with Gasteiger partial charge in [0.1, 0.15) is 11.6 Å². The predicted octanol–water partition coefficient (Wildman–Crippen LogP) is 5.63. The van der Waals surface area contributed by atoms with Gasteiger partial charge in [0.05, 0.1) is 32.1 Å². The van der Waals surface area contributed by atoms with Crippen molar-refractivity contribution in [3.8, 4) is 5.69 Å². The van der Waals surface area contributed by atoms with E-state index in [9.17, 15) is 4.39 Å². The molecule has 2 aromatic carbocycles. The molecule has 0 spiro atoms. The molecule has 0 bridgehead atoms. The van der Waals surface area contributed by atoms with Crippen LogP contribution in [0, 0.1) is 12.7 Å². The Hall–Kier alpha value is -1.10. The molecule has 3 aromatic rings. The van der Waals surface area contributed by atoms with Crippen molar-refractivity contribution >= 4 is 50.2 Å². The van der Waals surface area contributed by atoms with Gasteiger partial charge in [-0.2, -0.15) is 0 Å². The molecule has 0 saturated carbocycles. The lowest BCUT2D eigenvalue weighted by Gasteiger charge is -2.13. The quantitative estimate of drug-likeness (QED) is 0.521. The lowest BCUT2D eigenvalue weighted by Crippen LogP contribution is -2.03. The van der Waals surface area contributed by atoms with E-state index in [0.717, 1.165) is 22.3 Å². The molecule has 0 N–H and O–H groups in total. The van der Waals surface area contributed by atoms with Gasteiger partial charge in [0.15, 0.2) is 0 Å². The lowest BCUT2D eigenvalue weighted by molar-refractivity contribution is 0.619. The largest absolute Gasteiger partial charge is 0.293 e. The van der Waals surface area contributed by atoms with Gasteiger partial charge >= 0.3 is 0 Å². The second-order valence-corrected chi connectivity index (χ2v) is 6.19. The maximum atomic E-state index is 13.7. The van der Waals surface area contributed by atoms with E-state index in [4.69, 9.17) is 23.2 Å². The summed E-state index contributed by atoms with van der Waals surface area (Å²) in [5.41, 5.74) is 3.12. The number of hydrogen-bond acceptors (Lipinski definition) is 1. The Morgan fingerprint density at radius 1 is 1.33 bits per heavy atom. The molecule has 0 fully saturated rings. The number of hydrogen-bond donors (Lipinski definition) is 0. The minimum atomic E-state index is -0.306. The first kappa shape index (κ1) is 14.8. The highest BCUT2D eigenvalue weighted by atomic mass is 79.9. The number of fused-ring (bicyclic) bond motifs is 1. The van der Waals surface area contributed by atoms with Gasteiger partial charge < -0.3 is 0 Å². The van der Waals surface area contributed by atoms with Crippen LogP contribution in [0.25, 0.3) is 16.7 Å². The molecule has 1 aromatic heterocycles. The zero-order valence-electron chi connectivity index (χ0n) is 11.0. The molecular formula is C15H10BrCl2FN2. The highest BCUT2D eigenvalue weighted by Crippen LogP contribution is 2.32. The number of para-hydroxylation sites is 1. The summed E-state index contributed by atoms with van der Waals surface area (Å²) >= 11 is 15.6. The Morgan fingerprint density at radius 2 is 2.10 bits per heavy atom. The molecule has 3 rings (SSSR count). The standard InChI is InChI=1S/C15H10BrCl2FN2/c1-8-5-11(19)9(16)6-13(8)21-14(7-17)20-12-4-2-3-10(18)15(12)21/h2-6H,7H2,1H3. The Kier molecular flexibility index (Phi) is 3.95. The average Bonchev–Trinajstić information content (AvgIpc) is 2.82. The van der Waals surface area contributed by atoms with Crippen LogP contribution in [0.2, 0.25) is 5.02 Å². The Labute approximate surface area is 139 Å². The molecular weight excluding hydrogens is 378 g/mol. The van der Waals surface area contributed by atoms with Gasteiger partial charge in [0.25, 0.3) is 0 Å². The van der Waals surface area contributed by atoms with Crippen LogP contribution >= 0.6 is 39.1 Å². The molecule has 6 heteroatoms. The van der Waals surface area contributed by atoms with Crippen molar-refractivity contribution in [2.24, 2.45) is 0 Å². The van der Waals surface area contributed by atoms with E-state index in [-0.39, 0.29) is 11.7 Å². The predicted molar refractivity (Wildman–Crippen MR) is 88.0 cm³/mol. The fourth-order valence-corrected chi connectivity index (χ4v) is 3.12. The third kappa shape index (κ3) is 2.45. The van der Waals surface area contributed by atoms with E-state index in [1.807, 2.05) is 23.6 Å². The van der Waals surface area contributed by atoms with Crippen molar-refractivity contribution in [1.82, 2.24) is 9.55 Å². The molecule has 0 aliphatic heterocycles. The van der Waals surface area contributed by atoms with Gasteiger partial charge in [-0.05, 0) is 52.7 Å². The van der Waals surface area contributed by atoms with Crippen molar-refractivity contribution in [1.29, 1.82) is 0 Å². The number of alkyl halides is 1. The van der Waals surface area contributed by atoms with Gasteiger partial charge in [0, 0.05) is 0 Å². The van der Waals surface area contributed by atoms with Crippen LogP contribution in [0.4, 0.5) is 4.39 Å². The summed E-state index contributed by atoms with van der Waals surface area (Å²) < 4.78 is 15.9.